The SMILES string of the molecule is CSc1ccccc1NC(=O)CCSc1ccccc1F. The van der Waals surface area contributed by atoms with E-state index in [9.17, 15) is 9.18 Å². The van der Waals surface area contributed by atoms with Gasteiger partial charge in [-0.1, -0.05) is 24.3 Å². The van der Waals surface area contributed by atoms with Gasteiger partial charge in [-0.25, -0.2) is 4.39 Å². The highest BCUT2D eigenvalue weighted by Crippen LogP contribution is 2.25. The molecule has 1 amide bonds. The van der Waals surface area contributed by atoms with E-state index in [2.05, 4.69) is 5.32 Å². The molecule has 0 aliphatic heterocycles. The van der Waals surface area contributed by atoms with Crippen molar-refractivity contribution in [1.82, 2.24) is 0 Å². The molecular formula is C16H16FNOS2. The zero-order chi connectivity index (χ0) is 15.1. The van der Waals surface area contributed by atoms with Crippen LogP contribution in [0.25, 0.3) is 0 Å². The minimum atomic E-state index is -0.240. The van der Waals surface area contributed by atoms with Gasteiger partial charge in [0.25, 0.3) is 0 Å². The first kappa shape index (κ1) is 15.9. The largest absolute Gasteiger partial charge is 0.325 e. The molecular weight excluding hydrogens is 305 g/mol. The van der Waals surface area contributed by atoms with Gasteiger partial charge in [-0.15, -0.1) is 23.5 Å². The molecule has 5 heteroatoms. The summed E-state index contributed by atoms with van der Waals surface area (Å²) < 4.78 is 13.4. The van der Waals surface area contributed by atoms with E-state index in [1.807, 2.05) is 30.5 Å². The van der Waals surface area contributed by atoms with Gasteiger partial charge in [0.1, 0.15) is 5.82 Å². The summed E-state index contributed by atoms with van der Waals surface area (Å²) in [5, 5.41) is 2.90. The molecule has 0 aromatic heterocycles. The average Bonchev–Trinajstić information content (AvgIpc) is 2.50. The van der Waals surface area contributed by atoms with Crippen molar-refractivity contribution in [3.05, 3.63) is 54.3 Å². The lowest BCUT2D eigenvalue weighted by Gasteiger charge is -2.09. The Balaban J connectivity index is 1.84. The van der Waals surface area contributed by atoms with Gasteiger partial charge in [0.2, 0.25) is 5.91 Å². The van der Waals surface area contributed by atoms with Crippen LogP contribution in [-0.4, -0.2) is 17.9 Å². The smallest absolute Gasteiger partial charge is 0.225 e. The van der Waals surface area contributed by atoms with E-state index in [-0.39, 0.29) is 11.7 Å². The number of nitrogens with one attached hydrogen (secondary N) is 1. The molecule has 2 rings (SSSR count). The lowest BCUT2D eigenvalue weighted by molar-refractivity contribution is -0.115. The molecule has 0 unspecified atom stereocenters. The highest BCUT2D eigenvalue weighted by molar-refractivity contribution is 7.99. The molecule has 21 heavy (non-hydrogen) atoms. The first-order chi connectivity index (χ1) is 10.2. The zero-order valence-electron chi connectivity index (χ0n) is 11.6. The zero-order valence-corrected chi connectivity index (χ0v) is 13.3. The van der Waals surface area contributed by atoms with Crippen molar-refractivity contribution in [2.75, 3.05) is 17.3 Å². The summed E-state index contributed by atoms with van der Waals surface area (Å²) in [6.45, 7) is 0. The average molecular weight is 321 g/mol. The molecule has 0 aliphatic rings. The van der Waals surface area contributed by atoms with Crippen LogP contribution in [0.3, 0.4) is 0 Å². The van der Waals surface area contributed by atoms with Crippen molar-refractivity contribution in [3.8, 4) is 0 Å². The summed E-state index contributed by atoms with van der Waals surface area (Å²) in [5.74, 6) is 0.254. The molecule has 2 aromatic rings. The number of hydrogen-bond donors (Lipinski definition) is 1. The van der Waals surface area contributed by atoms with Gasteiger partial charge in [-0.05, 0) is 30.5 Å². The summed E-state index contributed by atoms with van der Waals surface area (Å²) in [7, 11) is 0. The summed E-state index contributed by atoms with van der Waals surface area (Å²) in [6.07, 6.45) is 2.32. The molecule has 0 saturated heterocycles. The number of para-hydroxylation sites is 1. The number of hydrogen-bond acceptors (Lipinski definition) is 3. The number of carbonyl (C=O) groups excluding carboxylic acids is 1. The lowest BCUT2D eigenvalue weighted by Crippen LogP contribution is -2.12. The summed E-state index contributed by atoms with van der Waals surface area (Å²) >= 11 is 2.95. The van der Waals surface area contributed by atoms with E-state index < -0.39 is 0 Å². The predicted molar refractivity (Wildman–Crippen MR) is 88.6 cm³/mol. The van der Waals surface area contributed by atoms with Gasteiger partial charge in [0, 0.05) is 22.0 Å². The maximum absolute atomic E-state index is 13.4. The summed E-state index contributed by atoms with van der Waals surface area (Å²) in [6, 6.07) is 14.3. The summed E-state index contributed by atoms with van der Waals surface area (Å²) in [4.78, 5) is 13.5. The number of amides is 1. The Hall–Kier alpha value is -1.46. The Labute approximate surface area is 132 Å². The van der Waals surface area contributed by atoms with Crippen LogP contribution >= 0.6 is 23.5 Å². The van der Waals surface area contributed by atoms with Crippen molar-refractivity contribution in [2.45, 2.75) is 16.2 Å². The van der Waals surface area contributed by atoms with Crippen LogP contribution in [0, 0.1) is 5.82 Å². The molecule has 0 heterocycles. The molecule has 0 fully saturated rings. The number of carbonyl (C=O) groups is 1. The van der Waals surface area contributed by atoms with Gasteiger partial charge in [0.05, 0.1) is 5.69 Å². The second-order valence-electron chi connectivity index (χ2n) is 4.28. The van der Waals surface area contributed by atoms with Crippen molar-refractivity contribution >= 4 is 35.1 Å². The van der Waals surface area contributed by atoms with Gasteiger partial charge >= 0.3 is 0 Å². The van der Waals surface area contributed by atoms with Crippen LogP contribution in [-0.2, 0) is 4.79 Å². The molecule has 1 N–H and O–H groups in total. The van der Waals surface area contributed by atoms with E-state index in [1.54, 1.807) is 30.0 Å². The van der Waals surface area contributed by atoms with Gasteiger partial charge in [-0.3, -0.25) is 4.79 Å². The minimum absolute atomic E-state index is 0.0552. The molecule has 0 radical (unpaired) electrons. The molecule has 0 aliphatic carbocycles. The lowest BCUT2D eigenvalue weighted by atomic mass is 10.3. The van der Waals surface area contributed by atoms with E-state index in [1.165, 1.54) is 17.8 Å². The highest BCUT2D eigenvalue weighted by Gasteiger charge is 2.07. The first-order valence-electron chi connectivity index (χ1n) is 6.51. The quantitative estimate of drug-likeness (QED) is 0.784. The molecule has 0 spiro atoms. The van der Waals surface area contributed by atoms with E-state index >= 15 is 0 Å². The van der Waals surface area contributed by atoms with Gasteiger partial charge < -0.3 is 5.32 Å². The first-order valence-corrected chi connectivity index (χ1v) is 8.72. The van der Waals surface area contributed by atoms with Gasteiger partial charge in [-0.2, -0.15) is 0 Å². The Kier molecular flexibility index (Phi) is 6.14. The number of halogens is 1. The van der Waals surface area contributed by atoms with E-state index in [4.69, 9.17) is 0 Å². The second kappa shape index (κ2) is 8.10. The maximum atomic E-state index is 13.4. The van der Waals surface area contributed by atoms with Crippen LogP contribution in [0.2, 0.25) is 0 Å². The fourth-order valence-electron chi connectivity index (χ4n) is 1.78. The topological polar surface area (TPSA) is 29.1 Å². The Morgan fingerprint density at radius 1 is 1.10 bits per heavy atom. The highest BCUT2D eigenvalue weighted by atomic mass is 32.2. The van der Waals surface area contributed by atoms with Gasteiger partial charge in [0.15, 0.2) is 0 Å². The third kappa shape index (κ3) is 4.79. The third-order valence-corrected chi connectivity index (χ3v) is 4.65. The van der Waals surface area contributed by atoms with Crippen molar-refractivity contribution < 1.29 is 9.18 Å². The number of thioether (sulfide) groups is 2. The molecule has 2 nitrogen and oxygen atoms in total. The number of anilines is 1. The molecule has 0 saturated carbocycles. The predicted octanol–water partition coefficient (Wildman–Crippen LogP) is 4.67. The van der Waals surface area contributed by atoms with Crippen LogP contribution in [0.15, 0.2) is 58.3 Å². The third-order valence-electron chi connectivity index (χ3n) is 2.80. The van der Waals surface area contributed by atoms with E-state index in [0.29, 0.717) is 17.1 Å². The summed E-state index contributed by atoms with van der Waals surface area (Å²) in [5.41, 5.74) is 0.825. The van der Waals surface area contributed by atoms with E-state index in [0.717, 1.165) is 10.6 Å². The Morgan fingerprint density at radius 3 is 2.48 bits per heavy atom. The minimum Gasteiger partial charge on any atom is -0.325 e. The molecule has 0 bridgehead atoms. The number of rotatable bonds is 6. The second-order valence-corrected chi connectivity index (χ2v) is 6.26. The molecule has 110 valence electrons. The van der Waals surface area contributed by atoms with Crippen molar-refractivity contribution in [2.24, 2.45) is 0 Å². The monoisotopic (exact) mass is 321 g/mol. The van der Waals surface area contributed by atoms with Crippen LogP contribution < -0.4 is 5.32 Å². The van der Waals surface area contributed by atoms with Crippen LogP contribution in [0.4, 0.5) is 10.1 Å². The molecule has 0 atom stereocenters. The van der Waals surface area contributed by atoms with Crippen LogP contribution in [0.1, 0.15) is 6.42 Å². The van der Waals surface area contributed by atoms with Crippen molar-refractivity contribution in [3.63, 3.8) is 0 Å². The maximum Gasteiger partial charge on any atom is 0.225 e. The number of benzene rings is 2. The Morgan fingerprint density at radius 2 is 1.76 bits per heavy atom. The Bertz CT molecular complexity index is 619. The van der Waals surface area contributed by atoms with Crippen molar-refractivity contribution in [1.29, 1.82) is 0 Å². The fraction of sp³-hybridized carbons (Fsp3) is 0.188. The van der Waals surface area contributed by atoms with Crippen LogP contribution in [0.5, 0.6) is 0 Å². The molecule has 2 aromatic carbocycles. The standard InChI is InChI=1S/C16H16FNOS2/c1-20-15-9-5-3-7-13(15)18-16(19)10-11-21-14-8-4-2-6-12(14)17/h2-9H,10-11H2,1H3,(H,18,19). The normalized spacial score (nSPS) is 10.4. The fourth-order valence-corrected chi connectivity index (χ4v) is 3.22.